The molecule has 0 saturated carbocycles. The lowest BCUT2D eigenvalue weighted by atomic mass is 9.92. The molecule has 0 atom stereocenters. The smallest absolute Gasteiger partial charge is 0.0894 e. The van der Waals surface area contributed by atoms with Crippen molar-refractivity contribution < 1.29 is 0 Å². The lowest BCUT2D eigenvalue weighted by Gasteiger charge is -2.22. The van der Waals surface area contributed by atoms with E-state index in [0.717, 1.165) is 22.2 Å². The zero-order chi connectivity index (χ0) is 11.9. The third-order valence-electron chi connectivity index (χ3n) is 2.61. The minimum Gasteiger partial charge on any atom is -0.322 e. The van der Waals surface area contributed by atoms with Crippen molar-refractivity contribution >= 4 is 22.5 Å². The van der Waals surface area contributed by atoms with Crippen LogP contribution in [0, 0.1) is 6.92 Å². The highest BCUT2D eigenvalue weighted by molar-refractivity contribution is 6.35. The van der Waals surface area contributed by atoms with E-state index in [4.69, 9.17) is 17.3 Å². The predicted molar refractivity (Wildman–Crippen MR) is 68.7 cm³/mol. The molecule has 1 heterocycles. The molecule has 2 nitrogen and oxygen atoms in total. The van der Waals surface area contributed by atoms with Crippen molar-refractivity contribution in [1.82, 2.24) is 4.98 Å². The standard InChI is InChI=1S/C13H15ClN2/c1-8-7-10(13(2,3)15)9-5-4-6-11(14)12(9)16-8/h4-7H,15H2,1-3H3. The van der Waals surface area contributed by atoms with Crippen LogP contribution in [0.4, 0.5) is 0 Å². The largest absolute Gasteiger partial charge is 0.322 e. The van der Waals surface area contributed by atoms with Gasteiger partial charge in [0.25, 0.3) is 0 Å². The summed E-state index contributed by atoms with van der Waals surface area (Å²) in [6, 6.07) is 7.82. The van der Waals surface area contributed by atoms with Crippen LogP contribution in [0.3, 0.4) is 0 Å². The molecular weight excluding hydrogens is 220 g/mol. The second-order valence-electron chi connectivity index (χ2n) is 4.67. The van der Waals surface area contributed by atoms with E-state index in [9.17, 15) is 0 Å². The molecule has 0 amide bonds. The van der Waals surface area contributed by atoms with Crippen molar-refractivity contribution in [3.63, 3.8) is 0 Å². The summed E-state index contributed by atoms with van der Waals surface area (Å²) in [6.07, 6.45) is 0. The van der Waals surface area contributed by atoms with E-state index >= 15 is 0 Å². The molecule has 1 aromatic heterocycles. The molecule has 0 saturated heterocycles. The molecular formula is C13H15ClN2. The first-order valence-corrected chi connectivity index (χ1v) is 5.62. The fraction of sp³-hybridized carbons (Fsp3) is 0.308. The molecule has 0 aliphatic heterocycles. The van der Waals surface area contributed by atoms with Crippen LogP contribution in [0.1, 0.15) is 25.1 Å². The Balaban J connectivity index is 2.89. The first-order valence-electron chi connectivity index (χ1n) is 5.25. The van der Waals surface area contributed by atoms with Crippen molar-refractivity contribution in [2.24, 2.45) is 5.73 Å². The average Bonchev–Trinajstić information content (AvgIpc) is 2.17. The highest BCUT2D eigenvalue weighted by Gasteiger charge is 2.18. The van der Waals surface area contributed by atoms with Gasteiger partial charge in [0.2, 0.25) is 0 Å². The molecule has 2 aromatic rings. The van der Waals surface area contributed by atoms with Crippen molar-refractivity contribution in [1.29, 1.82) is 0 Å². The number of aryl methyl sites for hydroxylation is 1. The van der Waals surface area contributed by atoms with Gasteiger partial charge in [-0.25, -0.2) is 0 Å². The Morgan fingerprint density at radius 3 is 2.62 bits per heavy atom. The Labute approximate surface area is 100 Å². The minimum atomic E-state index is -0.392. The van der Waals surface area contributed by atoms with E-state index in [1.165, 1.54) is 0 Å². The van der Waals surface area contributed by atoms with Crippen LogP contribution >= 0.6 is 11.6 Å². The van der Waals surface area contributed by atoms with E-state index in [1.54, 1.807) is 0 Å². The molecule has 16 heavy (non-hydrogen) atoms. The van der Waals surface area contributed by atoms with Gasteiger partial charge >= 0.3 is 0 Å². The summed E-state index contributed by atoms with van der Waals surface area (Å²) in [5.41, 5.74) is 8.63. The molecule has 84 valence electrons. The van der Waals surface area contributed by atoms with Gasteiger partial charge in [-0.05, 0) is 38.5 Å². The zero-order valence-electron chi connectivity index (χ0n) is 9.71. The van der Waals surface area contributed by atoms with Gasteiger partial charge in [0, 0.05) is 16.6 Å². The van der Waals surface area contributed by atoms with Gasteiger partial charge in [0.15, 0.2) is 0 Å². The second kappa shape index (κ2) is 3.72. The topological polar surface area (TPSA) is 38.9 Å². The summed E-state index contributed by atoms with van der Waals surface area (Å²) < 4.78 is 0. The number of nitrogens with zero attached hydrogens (tertiary/aromatic N) is 1. The van der Waals surface area contributed by atoms with Crippen molar-refractivity contribution in [2.75, 3.05) is 0 Å². The number of halogens is 1. The maximum atomic E-state index is 6.17. The molecule has 0 aliphatic carbocycles. The van der Waals surface area contributed by atoms with E-state index in [1.807, 2.05) is 45.0 Å². The summed E-state index contributed by atoms with van der Waals surface area (Å²) in [4.78, 5) is 4.46. The highest BCUT2D eigenvalue weighted by atomic mass is 35.5. The Morgan fingerprint density at radius 2 is 2.00 bits per heavy atom. The SMILES string of the molecule is Cc1cc(C(C)(C)N)c2cccc(Cl)c2n1. The third-order valence-corrected chi connectivity index (χ3v) is 2.92. The number of fused-ring (bicyclic) bond motifs is 1. The lowest BCUT2D eigenvalue weighted by Crippen LogP contribution is -2.29. The number of hydrogen-bond donors (Lipinski definition) is 1. The van der Waals surface area contributed by atoms with Crippen LogP contribution in [0.5, 0.6) is 0 Å². The number of para-hydroxylation sites is 1. The van der Waals surface area contributed by atoms with Gasteiger partial charge in [0.05, 0.1) is 10.5 Å². The fourth-order valence-electron chi connectivity index (χ4n) is 1.87. The minimum absolute atomic E-state index is 0.392. The molecule has 0 unspecified atom stereocenters. The van der Waals surface area contributed by atoms with Gasteiger partial charge < -0.3 is 5.73 Å². The monoisotopic (exact) mass is 234 g/mol. The summed E-state index contributed by atoms with van der Waals surface area (Å²) in [5.74, 6) is 0. The number of hydrogen-bond acceptors (Lipinski definition) is 2. The fourth-order valence-corrected chi connectivity index (χ4v) is 2.09. The Hall–Kier alpha value is -1.12. The number of benzene rings is 1. The molecule has 0 radical (unpaired) electrons. The summed E-state index contributed by atoms with van der Waals surface area (Å²) >= 11 is 6.15. The van der Waals surface area contributed by atoms with Crippen molar-refractivity contribution in [3.8, 4) is 0 Å². The second-order valence-corrected chi connectivity index (χ2v) is 5.08. The van der Waals surface area contributed by atoms with Crippen molar-refractivity contribution in [2.45, 2.75) is 26.3 Å². The van der Waals surface area contributed by atoms with E-state index in [2.05, 4.69) is 4.98 Å². The number of pyridine rings is 1. The van der Waals surface area contributed by atoms with Crippen LogP contribution in [0.2, 0.25) is 5.02 Å². The molecule has 3 heteroatoms. The first kappa shape index (κ1) is 11.4. The van der Waals surface area contributed by atoms with Gasteiger partial charge in [-0.1, -0.05) is 23.7 Å². The van der Waals surface area contributed by atoms with Crippen molar-refractivity contribution in [3.05, 3.63) is 40.5 Å². The molecule has 0 spiro atoms. The predicted octanol–water partition coefficient (Wildman–Crippen LogP) is 3.39. The maximum Gasteiger partial charge on any atom is 0.0894 e. The Bertz CT molecular complexity index is 541. The third kappa shape index (κ3) is 1.91. The van der Waals surface area contributed by atoms with Gasteiger partial charge in [0.1, 0.15) is 0 Å². The molecule has 0 aliphatic rings. The van der Waals surface area contributed by atoms with Crippen LogP contribution in [0.15, 0.2) is 24.3 Å². The molecule has 0 fully saturated rings. The number of rotatable bonds is 1. The average molecular weight is 235 g/mol. The Morgan fingerprint density at radius 1 is 1.31 bits per heavy atom. The highest BCUT2D eigenvalue weighted by Crippen LogP contribution is 2.30. The van der Waals surface area contributed by atoms with Crippen LogP contribution in [0.25, 0.3) is 10.9 Å². The molecule has 2 rings (SSSR count). The van der Waals surface area contributed by atoms with E-state index < -0.39 is 5.54 Å². The van der Waals surface area contributed by atoms with E-state index in [-0.39, 0.29) is 0 Å². The van der Waals surface area contributed by atoms with Gasteiger partial charge in [-0.15, -0.1) is 0 Å². The summed E-state index contributed by atoms with van der Waals surface area (Å²) in [6.45, 7) is 5.93. The van der Waals surface area contributed by atoms with E-state index in [0.29, 0.717) is 5.02 Å². The lowest BCUT2D eigenvalue weighted by molar-refractivity contribution is 0.558. The van der Waals surface area contributed by atoms with Gasteiger partial charge in [-0.2, -0.15) is 0 Å². The zero-order valence-corrected chi connectivity index (χ0v) is 10.5. The van der Waals surface area contributed by atoms with Crippen LogP contribution in [-0.2, 0) is 5.54 Å². The molecule has 0 bridgehead atoms. The summed E-state index contributed by atoms with van der Waals surface area (Å²) in [7, 11) is 0. The van der Waals surface area contributed by atoms with Gasteiger partial charge in [-0.3, -0.25) is 4.98 Å². The summed E-state index contributed by atoms with van der Waals surface area (Å²) in [5, 5.41) is 1.71. The first-order chi connectivity index (χ1) is 7.39. The number of nitrogens with two attached hydrogens (primary N) is 1. The van der Waals surface area contributed by atoms with Crippen LogP contribution in [-0.4, -0.2) is 4.98 Å². The Kier molecular flexibility index (Phi) is 2.64. The quantitative estimate of drug-likeness (QED) is 0.822. The van der Waals surface area contributed by atoms with Crippen LogP contribution < -0.4 is 5.73 Å². The normalized spacial score (nSPS) is 12.1. The number of aromatic nitrogens is 1. The maximum absolute atomic E-state index is 6.17. The molecule has 2 N–H and O–H groups in total. The molecule has 1 aromatic carbocycles.